The van der Waals surface area contributed by atoms with Gasteiger partial charge in [-0.2, -0.15) is 15.0 Å². The van der Waals surface area contributed by atoms with Gasteiger partial charge in [0.1, 0.15) is 0 Å². The van der Waals surface area contributed by atoms with Gasteiger partial charge in [0, 0.05) is 25.2 Å². The highest BCUT2D eigenvalue weighted by molar-refractivity contribution is 5.37. The maximum absolute atomic E-state index is 5.75. The second kappa shape index (κ2) is 5.78. The Kier molecular flexibility index (Phi) is 4.27. The fourth-order valence-corrected chi connectivity index (χ4v) is 2.17. The average Bonchev–Trinajstić information content (AvgIpc) is 2.39. The van der Waals surface area contributed by atoms with Crippen LogP contribution in [0.3, 0.4) is 0 Å². The summed E-state index contributed by atoms with van der Waals surface area (Å²) in [5.74, 6) is 0.808. The number of nitrogens with two attached hydrogens (primary N) is 1. The molecule has 112 valence electrons. The molecule has 2 N–H and O–H groups in total. The smallest absolute Gasteiger partial charge is 0.323 e. The summed E-state index contributed by atoms with van der Waals surface area (Å²) in [6.45, 7) is 9.71. The fraction of sp³-hybridized carbons (Fsp3) is 0.769. The van der Waals surface area contributed by atoms with E-state index in [1.54, 1.807) is 0 Å². The summed E-state index contributed by atoms with van der Waals surface area (Å²) in [6.07, 6.45) is 0.905. The second-order valence-electron chi connectivity index (χ2n) is 5.78. The molecule has 0 aliphatic carbocycles. The second-order valence-corrected chi connectivity index (χ2v) is 5.78. The molecule has 0 spiro atoms. The molecule has 2 rings (SSSR count). The van der Waals surface area contributed by atoms with Crippen LogP contribution in [0.25, 0.3) is 0 Å². The van der Waals surface area contributed by atoms with Crippen LogP contribution in [0.15, 0.2) is 0 Å². The molecule has 0 unspecified atom stereocenters. The van der Waals surface area contributed by atoms with Crippen molar-refractivity contribution >= 4 is 11.9 Å². The van der Waals surface area contributed by atoms with Gasteiger partial charge in [0.2, 0.25) is 11.9 Å². The summed E-state index contributed by atoms with van der Waals surface area (Å²) in [4.78, 5) is 17.1. The van der Waals surface area contributed by atoms with E-state index in [4.69, 9.17) is 10.5 Å². The Labute approximate surface area is 120 Å². The summed E-state index contributed by atoms with van der Waals surface area (Å²) >= 11 is 0. The van der Waals surface area contributed by atoms with E-state index < -0.39 is 0 Å². The lowest BCUT2D eigenvalue weighted by atomic mass is 10.0. The summed E-state index contributed by atoms with van der Waals surface area (Å²) in [6, 6.07) is 0.311. The van der Waals surface area contributed by atoms with Crippen LogP contribution in [0.2, 0.25) is 0 Å². The Bertz CT molecular complexity index is 464. The van der Waals surface area contributed by atoms with E-state index in [0.717, 1.165) is 26.1 Å². The van der Waals surface area contributed by atoms with Gasteiger partial charge in [-0.15, -0.1) is 0 Å². The monoisotopic (exact) mass is 280 g/mol. The third kappa shape index (κ3) is 3.27. The molecule has 1 aliphatic heterocycles. The van der Waals surface area contributed by atoms with E-state index >= 15 is 0 Å². The Morgan fingerprint density at radius 3 is 2.65 bits per heavy atom. The van der Waals surface area contributed by atoms with Crippen molar-refractivity contribution in [2.24, 2.45) is 0 Å². The molecule has 20 heavy (non-hydrogen) atoms. The lowest BCUT2D eigenvalue weighted by Gasteiger charge is -2.45. The van der Waals surface area contributed by atoms with Gasteiger partial charge in [0.05, 0.1) is 6.61 Å². The molecule has 1 saturated heterocycles. The molecular weight excluding hydrogens is 256 g/mol. The quantitative estimate of drug-likeness (QED) is 0.872. The summed E-state index contributed by atoms with van der Waals surface area (Å²) in [7, 11) is 2.13. The van der Waals surface area contributed by atoms with Crippen LogP contribution in [0.4, 0.5) is 11.9 Å². The predicted molar refractivity (Wildman–Crippen MR) is 78.9 cm³/mol. The lowest BCUT2D eigenvalue weighted by molar-refractivity contribution is 0.138. The van der Waals surface area contributed by atoms with Gasteiger partial charge in [0.25, 0.3) is 0 Å². The van der Waals surface area contributed by atoms with Gasteiger partial charge in [-0.3, -0.25) is 4.90 Å². The zero-order valence-corrected chi connectivity index (χ0v) is 12.8. The number of ether oxygens (including phenoxy) is 1. The van der Waals surface area contributed by atoms with Crippen LogP contribution in [0, 0.1) is 0 Å². The van der Waals surface area contributed by atoms with E-state index in [1.165, 1.54) is 0 Å². The fourth-order valence-electron chi connectivity index (χ4n) is 2.17. The molecule has 1 fully saturated rings. The first-order valence-corrected chi connectivity index (χ1v) is 7.03. The van der Waals surface area contributed by atoms with E-state index in [1.807, 2.05) is 6.92 Å². The van der Waals surface area contributed by atoms with Gasteiger partial charge in [-0.05, 0) is 27.3 Å². The number of anilines is 2. The minimum absolute atomic E-state index is 0.0735. The Balaban J connectivity index is 2.17. The van der Waals surface area contributed by atoms with Crippen LogP contribution in [0.5, 0.6) is 6.01 Å². The molecule has 7 nitrogen and oxygen atoms in total. The number of nitrogen functional groups attached to an aromatic ring is 1. The van der Waals surface area contributed by atoms with Crippen LogP contribution in [-0.4, -0.2) is 58.7 Å². The number of nitrogens with zero attached hydrogens (tertiary/aromatic N) is 5. The third-order valence-corrected chi connectivity index (χ3v) is 3.65. The first-order valence-electron chi connectivity index (χ1n) is 7.03. The molecule has 0 aromatic carbocycles. The molecule has 1 aliphatic rings. The largest absolute Gasteiger partial charge is 0.463 e. The van der Waals surface area contributed by atoms with Crippen molar-refractivity contribution in [1.29, 1.82) is 0 Å². The summed E-state index contributed by atoms with van der Waals surface area (Å²) in [5, 5.41) is 0. The zero-order valence-electron chi connectivity index (χ0n) is 12.8. The van der Waals surface area contributed by atoms with E-state index in [9.17, 15) is 0 Å². The highest BCUT2D eigenvalue weighted by atomic mass is 16.5. The molecule has 0 atom stereocenters. The van der Waals surface area contributed by atoms with Crippen molar-refractivity contribution in [2.75, 3.05) is 43.9 Å². The maximum atomic E-state index is 5.75. The van der Waals surface area contributed by atoms with Gasteiger partial charge in [-0.25, -0.2) is 0 Å². The van der Waals surface area contributed by atoms with Crippen molar-refractivity contribution in [3.63, 3.8) is 0 Å². The van der Waals surface area contributed by atoms with Crippen LogP contribution in [0.1, 0.15) is 27.2 Å². The Morgan fingerprint density at radius 1 is 1.25 bits per heavy atom. The number of likely N-dealkylation sites (N-methyl/N-ethyl adjacent to an activating group) is 1. The molecular formula is C13H24N6O. The first-order chi connectivity index (χ1) is 9.42. The van der Waals surface area contributed by atoms with Crippen molar-refractivity contribution in [3.05, 3.63) is 0 Å². The Morgan fingerprint density at radius 2 is 2.00 bits per heavy atom. The highest BCUT2D eigenvalue weighted by Gasteiger charge is 2.32. The van der Waals surface area contributed by atoms with Crippen LogP contribution >= 0.6 is 0 Å². The molecule has 1 aromatic rings. The van der Waals surface area contributed by atoms with Crippen molar-refractivity contribution < 1.29 is 4.74 Å². The normalized spacial score (nSPS) is 19.1. The first kappa shape index (κ1) is 14.8. The van der Waals surface area contributed by atoms with Crippen molar-refractivity contribution in [3.8, 4) is 6.01 Å². The topological polar surface area (TPSA) is 80.4 Å². The summed E-state index contributed by atoms with van der Waals surface area (Å²) in [5.41, 5.74) is 5.83. The number of aromatic nitrogens is 3. The van der Waals surface area contributed by atoms with Crippen molar-refractivity contribution in [1.82, 2.24) is 19.9 Å². The molecule has 0 amide bonds. The average molecular weight is 280 g/mol. The number of rotatable bonds is 4. The SMILES string of the molecule is CCCOc1nc(N)nc(N2CCN(C)C(C)(C)C2)n1. The lowest BCUT2D eigenvalue weighted by Crippen LogP contribution is -2.58. The maximum Gasteiger partial charge on any atom is 0.323 e. The van der Waals surface area contributed by atoms with Crippen LogP contribution in [-0.2, 0) is 0 Å². The minimum Gasteiger partial charge on any atom is -0.463 e. The molecule has 0 bridgehead atoms. The van der Waals surface area contributed by atoms with Gasteiger partial charge < -0.3 is 15.4 Å². The van der Waals surface area contributed by atoms with E-state index in [-0.39, 0.29) is 11.5 Å². The van der Waals surface area contributed by atoms with Gasteiger partial charge in [-0.1, -0.05) is 6.92 Å². The molecule has 2 heterocycles. The highest BCUT2D eigenvalue weighted by Crippen LogP contribution is 2.23. The molecule has 0 saturated carbocycles. The number of hydrogen-bond acceptors (Lipinski definition) is 7. The van der Waals surface area contributed by atoms with E-state index in [2.05, 4.69) is 45.6 Å². The molecule has 0 radical (unpaired) electrons. The van der Waals surface area contributed by atoms with Crippen LogP contribution < -0.4 is 15.4 Å². The molecule has 7 heteroatoms. The van der Waals surface area contributed by atoms with Crippen molar-refractivity contribution in [2.45, 2.75) is 32.7 Å². The standard InChI is InChI=1S/C13H24N6O/c1-5-8-20-12-16-10(14)15-11(17-12)19-7-6-18(4)13(2,3)9-19/h5-9H2,1-4H3,(H2,14,15,16,17). The number of hydrogen-bond donors (Lipinski definition) is 1. The minimum atomic E-state index is 0.0735. The van der Waals surface area contributed by atoms with Gasteiger partial charge >= 0.3 is 6.01 Å². The third-order valence-electron chi connectivity index (χ3n) is 3.65. The summed E-state index contributed by atoms with van der Waals surface area (Å²) < 4.78 is 5.46. The van der Waals surface area contributed by atoms with E-state index in [0.29, 0.717) is 18.6 Å². The van der Waals surface area contributed by atoms with Gasteiger partial charge in [0.15, 0.2) is 0 Å². The Hall–Kier alpha value is -1.63. The predicted octanol–water partition coefficient (Wildman–Crippen LogP) is 0.773. The number of piperazine rings is 1. The zero-order chi connectivity index (χ0) is 14.8. The molecule has 1 aromatic heterocycles.